The minimum absolute atomic E-state index is 0.246. The summed E-state index contributed by atoms with van der Waals surface area (Å²) in [5, 5.41) is 19.3. The summed E-state index contributed by atoms with van der Waals surface area (Å²) in [6, 6.07) is 6.12. The first-order valence-electron chi connectivity index (χ1n) is 8.11. The molecule has 1 aromatic carbocycles. The second-order valence-electron chi connectivity index (χ2n) is 6.10. The molecule has 1 atom stereocenters. The summed E-state index contributed by atoms with van der Waals surface area (Å²) in [6.45, 7) is 9.41. The lowest BCUT2D eigenvalue weighted by Gasteiger charge is -2.22. The van der Waals surface area contributed by atoms with Gasteiger partial charge in [0.25, 0.3) is 0 Å². The third-order valence-corrected chi connectivity index (χ3v) is 4.04. The quantitative estimate of drug-likeness (QED) is 0.718. The molecule has 0 spiro atoms. The van der Waals surface area contributed by atoms with E-state index in [4.69, 9.17) is 0 Å². The number of carboxylic acid groups (broad SMARTS) is 1. The molecule has 2 N–H and O–H groups in total. The predicted octanol–water partition coefficient (Wildman–Crippen LogP) is 4.22. The minimum atomic E-state index is -1.94. The normalized spacial score (nSPS) is 13.6. The van der Waals surface area contributed by atoms with Gasteiger partial charge >= 0.3 is 5.97 Å². The van der Waals surface area contributed by atoms with Crippen molar-refractivity contribution >= 4 is 11.5 Å². The first kappa shape index (κ1) is 18.4. The molecule has 3 heteroatoms. The number of aryl methyl sites for hydroxylation is 2. The highest BCUT2D eigenvalue weighted by Crippen LogP contribution is 2.28. The van der Waals surface area contributed by atoms with Crippen LogP contribution in [0.5, 0.6) is 0 Å². The van der Waals surface area contributed by atoms with E-state index >= 15 is 0 Å². The maximum absolute atomic E-state index is 11.2. The number of benzene rings is 1. The van der Waals surface area contributed by atoms with Crippen molar-refractivity contribution in [3.8, 4) is 0 Å². The van der Waals surface area contributed by atoms with Crippen LogP contribution in [0.4, 0.5) is 0 Å². The highest BCUT2D eigenvalue weighted by atomic mass is 16.4. The van der Waals surface area contributed by atoms with Gasteiger partial charge in [-0.1, -0.05) is 51.5 Å². The van der Waals surface area contributed by atoms with Gasteiger partial charge in [0, 0.05) is 0 Å². The van der Waals surface area contributed by atoms with Crippen LogP contribution in [0.2, 0.25) is 0 Å². The fourth-order valence-corrected chi connectivity index (χ4v) is 2.40. The van der Waals surface area contributed by atoms with Crippen molar-refractivity contribution in [3.63, 3.8) is 0 Å². The molecule has 1 aromatic rings. The third-order valence-electron chi connectivity index (χ3n) is 4.04. The van der Waals surface area contributed by atoms with Gasteiger partial charge in [0.15, 0.2) is 5.60 Å². The first-order valence-corrected chi connectivity index (χ1v) is 8.11. The van der Waals surface area contributed by atoms with E-state index in [9.17, 15) is 15.0 Å². The van der Waals surface area contributed by atoms with Gasteiger partial charge in [0.05, 0.1) is 0 Å². The number of unbranched alkanes of at least 4 members (excludes halogenated alkanes) is 2. The number of aliphatic carboxylic acids is 1. The Bertz CT molecular complexity index is 503. The standard InChI is InChI=1S/C19H28O3/c1-5-7-9-15-11-16(10-8-6-2)13-17(12-15)14(3)19(4,22)18(20)21/h11-13,22H,3,5-10H2,1-2,4H3,(H,20,21). The molecule has 22 heavy (non-hydrogen) atoms. The van der Waals surface area contributed by atoms with E-state index < -0.39 is 11.6 Å². The van der Waals surface area contributed by atoms with Crippen molar-refractivity contribution in [2.24, 2.45) is 0 Å². The molecule has 0 heterocycles. The molecule has 0 aromatic heterocycles. The molecular formula is C19H28O3. The first-order chi connectivity index (χ1) is 10.3. The summed E-state index contributed by atoms with van der Waals surface area (Å²) < 4.78 is 0. The summed E-state index contributed by atoms with van der Waals surface area (Å²) in [5.41, 5.74) is 1.41. The highest BCUT2D eigenvalue weighted by molar-refractivity contribution is 5.94. The second-order valence-corrected chi connectivity index (χ2v) is 6.10. The van der Waals surface area contributed by atoms with E-state index in [1.54, 1.807) is 0 Å². The summed E-state index contributed by atoms with van der Waals surface area (Å²) in [7, 11) is 0. The van der Waals surface area contributed by atoms with Gasteiger partial charge in [-0.2, -0.15) is 0 Å². The number of hydrogen-bond acceptors (Lipinski definition) is 2. The number of carbonyl (C=O) groups is 1. The van der Waals surface area contributed by atoms with Crippen LogP contribution in [0, 0.1) is 0 Å². The van der Waals surface area contributed by atoms with Crippen molar-refractivity contribution in [1.29, 1.82) is 0 Å². The molecule has 0 saturated heterocycles. The molecular weight excluding hydrogens is 276 g/mol. The molecule has 1 rings (SSSR count). The fraction of sp³-hybridized carbons (Fsp3) is 0.526. The van der Waals surface area contributed by atoms with Gasteiger partial charge in [-0.15, -0.1) is 0 Å². The Kier molecular flexibility index (Phi) is 6.82. The Morgan fingerprint density at radius 3 is 1.91 bits per heavy atom. The molecule has 0 fully saturated rings. The number of aliphatic hydroxyl groups is 1. The van der Waals surface area contributed by atoms with Crippen LogP contribution in [0.25, 0.3) is 5.57 Å². The average Bonchev–Trinajstić information content (AvgIpc) is 2.49. The van der Waals surface area contributed by atoms with Gasteiger partial charge in [0.1, 0.15) is 0 Å². The van der Waals surface area contributed by atoms with Crippen LogP contribution in [-0.2, 0) is 17.6 Å². The van der Waals surface area contributed by atoms with Crippen LogP contribution in [0.15, 0.2) is 24.8 Å². The smallest absolute Gasteiger partial charge is 0.340 e. The lowest BCUT2D eigenvalue weighted by molar-refractivity contribution is -0.150. The average molecular weight is 304 g/mol. The molecule has 0 aliphatic carbocycles. The molecule has 0 amide bonds. The molecule has 3 nitrogen and oxygen atoms in total. The lowest BCUT2D eigenvalue weighted by Crippen LogP contribution is -2.35. The summed E-state index contributed by atoms with van der Waals surface area (Å²) in [4.78, 5) is 11.2. The van der Waals surface area contributed by atoms with E-state index in [0.29, 0.717) is 0 Å². The predicted molar refractivity (Wildman–Crippen MR) is 91.0 cm³/mol. The Morgan fingerprint density at radius 2 is 1.55 bits per heavy atom. The minimum Gasteiger partial charge on any atom is -0.479 e. The van der Waals surface area contributed by atoms with Crippen LogP contribution in [-0.4, -0.2) is 21.8 Å². The van der Waals surface area contributed by atoms with Gasteiger partial charge in [0.2, 0.25) is 0 Å². The van der Waals surface area contributed by atoms with Gasteiger partial charge < -0.3 is 10.2 Å². The van der Waals surface area contributed by atoms with Crippen molar-refractivity contribution in [1.82, 2.24) is 0 Å². The molecule has 0 aliphatic heterocycles. The van der Waals surface area contributed by atoms with E-state index in [-0.39, 0.29) is 5.57 Å². The van der Waals surface area contributed by atoms with Crippen molar-refractivity contribution in [2.75, 3.05) is 0 Å². The monoisotopic (exact) mass is 304 g/mol. The second kappa shape index (κ2) is 8.14. The van der Waals surface area contributed by atoms with Crippen LogP contribution < -0.4 is 0 Å². The van der Waals surface area contributed by atoms with E-state index in [2.05, 4.69) is 26.5 Å². The number of hydrogen-bond donors (Lipinski definition) is 2. The molecule has 122 valence electrons. The van der Waals surface area contributed by atoms with Crippen molar-refractivity contribution in [3.05, 3.63) is 41.5 Å². The van der Waals surface area contributed by atoms with Gasteiger partial charge in [-0.05, 0) is 54.9 Å². The Labute approximate surface area is 133 Å². The van der Waals surface area contributed by atoms with Crippen molar-refractivity contribution < 1.29 is 15.0 Å². The Hall–Kier alpha value is -1.61. The zero-order valence-electron chi connectivity index (χ0n) is 14.0. The lowest BCUT2D eigenvalue weighted by atomic mass is 9.88. The van der Waals surface area contributed by atoms with Crippen molar-refractivity contribution in [2.45, 2.75) is 64.9 Å². The Morgan fingerprint density at radius 1 is 1.09 bits per heavy atom. The Balaban J connectivity index is 3.15. The summed E-state index contributed by atoms with van der Waals surface area (Å²) in [6.07, 6.45) is 6.35. The third kappa shape index (κ3) is 4.70. The molecule has 0 radical (unpaired) electrons. The summed E-state index contributed by atoms with van der Waals surface area (Å²) >= 11 is 0. The SMILES string of the molecule is C=C(c1cc(CCCC)cc(CCCC)c1)C(C)(O)C(=O)O. The van der Waals surface area contributed by atoms with E-state index in [1.807, 2.05) is 12.1 Å². The van der Waals surface area contributed by atoms with Crippen LogP contribution in [0.1, 0.15) is 63.1 Å². The maximum atomic E-state index is 11.2. The van der Waals surface area contributed by atoms with Crippen LogP contribution >= 0.6 is 0 Å². The number of rotatable bonds is 9. The summed E-state index contributed by atoms with van der Waals surface area (Å²) in [5.74, 6) is -1.27. The molecule has 0 saturated carbocycles. The topological polar surface area (TPSA) is 57.5 Å². The zero-order chi connectivity index (χ0) is 16.8. The number of carboxylic acids is 1. The largest absolute Gasteiger partial charge is 0.479 e. The maximum Gasteiger partial charge on any atom is 0.340 e. The van der Waals surface area contributed by atoms with Gasteiger partial charge in [-0.3, -0.25) is 0 Å². The van der Waals surface area contributed by atoms with Gasteiger partial charge in [-0.25, -0.2) is 4.79 Å². The molecule has 1 unspecified atom stereocenters. The highest BCUT2D eigenvalue weighted by Gasteiger charge is 2.34. The zero-order valence-corrected chi connectivity index (χ0v) is 14.0. The van der Waals surface area contributed by atoms with E-state index in [0.717, 1.165) is 44.1 Å². The van der Waals surface area contributed by atoms with E-state index in [1.165, 1.54) is 18.1 Å². The molecule has 0 aliphatic rings. The molecule has 0 bridgehead atoms. The van der Waals surface area contributed by atoms with Crippen LogP contribution in [0.3, 0.4) is 0 Å². The fourth-order valence-electron chi connectivity index (χ4n) is 2.40.